The quantitative estimate of drug-likeness (QED) is 0.582. The molecule has 0 aliphatic rings. The molecule has 0 saturated heterocycles. The molecular weight excluding hydrogens is 368 g/mol. The van der Waals surface area contributed by atoms with Crippen molar-refractivity contribution in [2.45, 2.75) is 13.0 Å². The number of nitrogens with one attached hydrogen (secondary N) is 2. The van der Waals surface area contributed by atoms with Gasteiger partial charge in [-0.05, 0) is 36.2 Å². The highest BCUT2D eigenvalue weighted by Gasteiger charge is 2.10. The van der Waals surface area contributed by atoms with Gasteiger partial charge in [-0.1, -0.05) is 30.3 Å². The van der Waals surface area contributed by atoms with Crippen LogP contribution in [-0.4, -0.2) is 36.6 Å². The third kappa shape index (κ3) is 5.68. The number of rotatable bonds is 9. The number of hydrogen-bond donors (Lipinski definition) is 2. The van der Waals surface area contributed by atoms with E-state index < -0.39 is 0 Å². The molecule has 1 aromatic heterocycles. The number of hydrogen-bond acceptors (Lipinski definition) is 6. The number of anilines is 1. The second-order valence-corrected chi connectivity index (χ2v) is 6.29. The lowest BCUT2D eigenvalue weighted by Gasteiger charge is -2.10. The number of aromatic nitrogens is 2. The largest absolute Gasteiger partial charge is 0.497 e. The molecule has 7 heteroatoms. The zero-order valence-corrected chi connectivity index (χ0v) is 16.5. The van der Waals surface area contributed by atoms with E-state index in [-0.39, 0.29) is 5.91 Å². The summed E-state index contributed by atoms with van der Waals surface area (Å²) < 4.78 is 10.5. The maximum Gasteiger partial charge on any atom is 0.270 e. The van der Waals surface area contributed by atoms with Crippen molar-refractivity contribution in [3.05, 3.63) is 77.6 Å². The van der Waals surface area contributed by atoms with E-state index in [1.54, 1.807) is 26.5 Å². The highest BCUT2D eigenvalue weighted by atomic mass is 16.5. The molecule has 0 spiro atoms. The number of benzene rings is 2. The second kappa shape index (κ2) is 10.1. The van der Waals surface area contributed by atoms with E-state index in [2.05, 4.69) is 20.6 Å². The average Bonchev–Trinajstić information content (AvgIpc) is 2.78. The summed E-state index contributed by atoms with van der Waals surface area (Å²) in [5.74, 6) is 1.70. The number of ether oxygens (including phenoxy) is 2. The van der Waals surface area contributed by atoms with E-state index in [9.17, 15) is 4.79 Å². The Morgan fingerprint density at radius 2 is 1.90 bits per heavy atom. The minimum absolute atomic E-state index is 0.269. The number of amides is 1. The molecule has 0 fully saturated rings. The number of para-hydroxylation sites is 1. The van der Waals surface area contributed by atoms with Gasteiger partial charge in [0.05, 0.1) is 14.2 Å². The van der Waals surface area contributed by atoms with Crippen LogP contribution in [0.2, 0.25) is 0 Å². The molecule has 0 unspecified atom stereocenters. The number of carbonyl (C=O) groups excluding carboxylic acids is 1. The lowest BCUT2D eigenvalue weighted by Crippen LogP contribution is -2.24. The van der Waals surface area contributed by atoms with Crippen molar-refractivity contribution in [3.63, 3.8) is 0 Å². The normalized spacial score (nSPS) is 10.3. The van der Waals surface area contributed by atoms with E-state index in [1.165, 1.54) is 0 Å². The van der Waals surface area contributed by atoms with Crippen LogP contribution in [-0.2, 0) is 13.0 Å². The Bertz CT molecular complexity index is 962. The Kier molecular flexibility index (Phi) is 7.00. The van der Waals surface area contributed by atoms with Gasteiger partial charge in [-0.3, -0.25) is 4.79 Å². The maximum absolute atomic E-state index is 12.5. The summed E-state index contributed by atoms with van der Waals surface area (Å²) in [4.78, 5) is 20.9. The zero-order chi connectivity index (χ0) is 20.5. The average molecular weight is 392 g/mol. The molecule has 1 amide bonds. The lowest BCUT2D eigenvalue weighted by molar-refractivity contribution is 0.0945. The zero-order valence-electron chi connectivity index (χ0n) is 16.5. The van der Waals surface area contributed by atoms with Gasteiger partial charge in [0.15, 0.2) is 0 Å². The molecule has 0 aliphatic heterocycles. The van der Waals surface area contributed by atoms with Crippen LogP contribution in [0.3, 0.4) is 0 Å². The highest BCUT2D eigenvalue weighted by molar-refractivity contribution is 5.92. The third-order valence-electron chi connectivity index (χ3n) is 4.35. The molecule has 2 aromatic carbocycles. The number of methoxy groups -OCH3 is 2. The van der Waals surface area contributed by atoms with E-state index in [0.29, 0.717) is 24.7 Å². The molecule has 0 saturated carbocycles. The van der Waals surface area contributed by atoms with Gasteiger partial charge in [0.25, 0.3) is 5.91 Å². The standard InChI is InChI=1S/C22H24N4O3/c1-28-18-8-5-6-16(14-18)10-12-23-22-24-13-11-19(26-22)21(27)25-15-17-7-3-4-9-20(17)29-2/h3-9,11,13-14H,10,12,15H2,1-2H3,(H,25,27)(H,23,24,26). The van der Waals surface area contributed by atoms with E-state index >= 15 is 0 Å². The van der Waals surface area contributed by atoms with E-state index in [1.807, 2.05) is 48.5 Å². The smallest absolute Gasteiger partial charge is 0.270 e. The van der Waals surface area contributed by atoms with Crippen molar-refractivity contribution in [2.24, 2.45) is 0 Å². The topological polar surface area (TPSA) is 85.4 Å². The second-order valence-electron chi connectivity index (χ2n) is 6.29. The van der Waals surface area contributed by atoms with Crippen LogP contribution in [0, 0.1) is 0 Å². The van der Waals surface area contributed by atoms with Crippen molar-refractivity contribution in [1.29, 1.82) is 0 Å². The fourth-order valence-electron chi connectivity index (χ4n) is 2.83. The van der Waals surface area contributed by atoms with Gasteiger partial charge in [0.1, 0.15) is 17.2 Å². The molecule has 3 aromatic rings. The van der Waals surface area contributed by atoms with Crippen LogP contribution < -0.4 is 20.1 Å². The number of carbonyl (C=O) groups is 1. The first-order chi connectivity index (χ1) is 14.2. The predicted molar refractivity (Wildman–Crippen MR) is 111 cm³/mol. The Morgan fingerprint density at radius 3 is 2.72 bits per heavy atom. The SMILES string of the molecule is COc1cccc(CCNc2nccc(C(=O)NCc3ccccc3OC)n2)c1. The minimum Gasteiger partial charge on any atom is -0.497 e. The van der Waals surface area contributed by atoms with Crippen LogP contribution in [0.25, 0.3) is 0 Å². The van der Waals surface area contributed by atoms with Crippen molar-refractivity contribution in [1.82, 2.24) is 15.3 Å². The molecule has 1 heterocycles. The fourth-order valence-corrected chi connectivity index (χ4v) is 2.83. The molecule has 2 N–H and O–H groups in total. The van der Waals surface area contributed by atoms with Gasteiger partial charge in [0, 0.05) is 24.8 Å². The van der Waals surface area contributed by atoms with Gasteiger partial charge in [0.2, 0.25) is 5.95 Å². The van der Waals surface area contributed by atoms with Crippen LogP contribution in [0.15, 0.2) is 60.8 Å². The summed E-state index contributed by atoms with van der Waals surface area (Å²) in [7, 11) is 3.25. The fraction of sp³-hybridized carbons (Fsp3) is 0.227. The predicted octanol–water partition coefficient (Wildman–Crippen LogP) is 3.08. The summed E-state index contributed by atoms with van der Waals surface area (Å²) in [6, 6.07) is 17.0. The minimum atomic E-state index is -0.269. The van der Waals surface area contributed by atoms with Crippen molar-refractivity contribution in [3.8, 4) is 11.5 Å². The van der Waals surface area contributed by atoms with Gasteiger partial charge in [-0.25, -0.2) is 9.97 Å². The van der Waals surface area contributed by atoms with Gasteiger partial charge in [-0.15, -0.1) is 0 Å². The van der Waals surface area contributed by atoms with Gasteiger partial charge < -0.3 is 20.1 Å². The summed E-state index contributed by atoms with van der Waals surface area (Å²) in [5.41, 5.74) is 2.34. The van der Waals surface area contributed by atoms with Gasteiger partial charge >= 0.3 is 0 Å². The Morgan fingerprint density at radius 1 is 1.03 bits per heavy atom. The Hall–Kier alpha value is -3.61. The molecule has 3 rings (SSSR count). The van der Waals surface area contributed by atoms with Crippen LogP contribution in [0.1, 0.15) is 21.6 Å². The summed E-state index contributed by atoms with van der Waals surface area (Å²) >= 11 is 0. The molecular formula is C22H24N4O3. The van der Waals surface area contributed by atoms with Crippen LogP contribution >= 0.6 is 0 Å². The monoisotopic (exact) mass is 392 g/mol. The first kappa shape index (κ1) is 20.1. The molecule has 0 radical (unpaired) electrons. The lowest BCUT2D eigenvalue weighted by atomic mass is 10.1. The first-order valence-corrected chi connectivity index (χ1v) is 9.29. The summed E-state index contributed by atoms with van der Waals surface area (Å²) in [5, 5.41) is 6.02. The Labute approximate surface area is 170 Å². The van der Waals surface area contributed by atoms with Crippen LogP contribution in [0.5, 0.6) is 11.5 Å². The number of nitrogens with zero attached hydrogens (tertiary/aromatic N) is 2. The van der Waals surface area contributed by atoms with Crippen LogP contribution in [0.4, 0.5) is 5.95 Å². The van der Waals surface area contributed by atoms with Crippen molar-refractivity contribution >= 4 is 11.9 Å². The third-order valence-corrected chi connectivity index (χ3v) is 4.35. The Balaban J connectivity index is 1.55. The summed E-state index contributed by atoms with van der Waals surface area (Å²) in [6.07, 6.45) is 2.35. The molecule has 29 heavy (non-hydrogen) atoms. The maximum atomic E-state index is 12.5. The van der Waals surface area contributed by atoms with Crippen molar-refractivity contribution in [2.75, 3.05) is 26.1 Å². The molecule has 0 bridgehead atoms. The van der Waals surface area contributed by atoms with Gasteiger partial charge in [-0.2, -0.15) is 0 Å². The van der Waals surface area contributed by atoms with E-state index in [4.69, 9.17) is 9.47 Å². The molecule has 0 atom stereocenters. The van der Waals surface area contributed by atoms with Crippen molar-refractivity contribution < 1.29 is 14.3 Å². The first-order valence-electron chi connectivity index (χ1n) is 9.29. The highest BCUT2D eigenvalue weighted by Crippen LogP contribution is 2.17. The molecule has 150 valence electrons. The molecule has 7 nitrogen and oxygen atoms in total. The summed E-state index contributed by atoms with van der Waals surface area (Å²) in [6.45, 7) is 0.991. The van der Waals surface area contributed by atoms with E-state index in [0.717, 1.165) is 29.0 Å². The molecule has 0 aliphatic carbocycles.